The first-order chi connectivity index (χ1) is 6.13. The first kappa shape index (κ1) is 8.46. The minimum Gasteiger partial charge on any atom is -0.628 e. The topological polar surface area (TPSA) is 66.8 Å². The molecule has 2 unspecified atom stereocenters. The number of hydrogen-bond donors (Lipinski definition) is 1. The molecule has 0 aromatic rings. The monoisotopic (exact) mass is 183 g/mol. The van der Waals surface area contributed by atoms with E-state index in [0.717, 1.165) is 4.90 Å². The highest BCUT2D eigenvalue weighted by atomic mass is 16.2. The summed E-state index contributed by atoms with van der Waals surface area (Å²) in [6, 6.07) is -0.647. The summed E-state index contributed by atoms with van der Waals surface area (Å²) in [6.45, 7) is 0.437. The van der Waals surface area contributed by atoms with Gasteiger partial charge < -0.3 is 15.5 Å². The molecule has 1 N–H and O–H groups in total. The molecular formula is C7H11N4O2-. The molecule has 0 aliphatic carbocycles. The van der Waals surface area contributed by atoms with Crippen molar-refractivity contribution in [2.24, 2.45) is 0 Å². The Morgan fingerprint density at radius 1 is 1.46 bits per heavy atom. The smallest absolute Gasteiger partial charge is 0.324 e. The second-order valence-electron chi connectivity index (χ2n) is 3.23. The van der Waals surface area contributed by atoms with Gasteiger partial charge in [0.15, 0.2) is 0 Å². The summed E-state index contributed by atoms with van der Waals surface area (Å²) in [5.74, 6) is -0.200. The van der Waals surface area contributed by atoms with E-state index in [1.165, 1.54) is 11.9 Å². The van der Waals surface area contributed by atoms with Crippen LogP contribution in [0.1, 0.15) is 0 Å². The highest BCUT2D eigenvalue weighted by molar-refractivity contribution is 6.00. The Bertz CT molecular complexity index is 267. The molecule has 3 amide bonds. The number of carbonyl (C=O) groups excluding carboxylic acids is 2. The molecule has 0 aromatic carbocycles. The van der Waals surface area contributed by atoms with Crippen molar-refractivity contribution in [2.75, 3.05) is 20.8 Å². The van der Waals surface area contributed by atoms with Crippen LogP contribution < -0.4 is 5.32 Å². The predicted octanol–water partition coefficient (Wildman–Crippen LogP) is -0.861. The van der Waals surface area contributed by atoms with Gasteiger partial charge in [-0.05, 0) is 6.17 Å². The number of amides is 3. The fourth-order valence-corrected chi connectivity index (χ4v) is 1.67. The lowest BCUT2D eigenvalue weighted by Crippen LogP contribution is -2.62. The normalized spacial score (nSPS) is 34.0. The van der Waals surface area contributed by atoms with E-state index in [2.05, 4.69) is 10.6 Å². The molecule has 2 aliphatic heterocycles. The SMILES string of the molecule is CN1C(=O)C2NC[N-]C2N(C)C1=O. The molecule has 6 heteroatoms. The summed E-state index contributed by atoms with van der Waals surface area (Å²) in [7, 11) is 3.14. The number of imide groups is 1. The van der Waals surface area contributed by atoms with E-state index in [1.54, 1.807) is 7.05 Å². The molecule has 2 saturated heterocycles. The summed E-state index contributed by atoms with van der Waals surface area (Å²) in [4.78, 5) is 25.5. The van der Waals surface area contributed by atoms with E-state index in [9.17, 15) is 9.59 Å². The minimum atomic E-state index is -0.354. The van der Waals surface area contributed by atoms with Gasteiger partial charge in [-0.15, -0.1) is 0 Å². The maximum absolute atomic E-state index is 11.5. The van der Waals surface area contributed by atoms with Gasteiger partial charge in [0.25, 0.3) is 0 Å². The lowest BCUT2D eigenvalue weighted by atomic mass is 10.1. The van der Waals surface area contributed by atoms with Crippen LogP contribution in [-0.2, 0) is 4.79 Å². The third-order valence-corrected chi connectivity index (χ3v) is 2.47. The van der Waals surface area contributed by atoms with Crippen molar-refractivity contribution in [3.63, 3.8) is 0 Å². The first-order valence-corrected chi connectivity index (χ1v) is 4.07. The van der Waals surface area contributed by atoms with E-state index in [-0.39, 0.29) is 24.1 Å². The van der Waals surface area contributed by atoms with Crippen LogP contribution >= 0.6 is 0 Å². The number of likely N-dealkylation sites (N-methyl/N-ethyl adjacent to an activating group) is 2. The lowest BCUT2D eigenvalue weighted by Gasteiger charge is -2.43. The maximum Gasteiger partial charge on any atom is 0.324 e. The number of nitrogens with one attached hydrogen (secondary N) is 1. The van der Waals surface area contributed by atoms with Crippen LogP contribution in [0.5, 0.6) is 0 Å². The quantitative estimate of drug-likeness (QED) is 0.531. The van der Waals surface area contributed by atoms with Crippen LogP contribution in [-0.4, -0.2) is 54.7 Å². The van der Waals surface area contributed by atoms with Crippen molar-refractivity contribution in [1.82, 2.24) is 15.1 Å². The highest BCUT2D eigenvalue weighted by Gasteiger charge is 2.39. The lowest BCUT2D eigenvalue weighted by molar-refractivity contribution is -0.132. The molecule has 2 rings (SSSR count). The molecule has 0 aromatic heterocycles. The summed E-state index contributed by atoms with van der Waals surface area (Å²) >= 11 is 0. The van der Waals surface area contributed by atoms with Gasteiger partial charge >= 0.3 is 6.03 Å². The van der Waals surface area contributed by atoms with Crippen molar-refractivity contribution in [1.29, 1.82) is 0 Å². The average molecular weight is 183 g/mol. The maximum atomic E-state index is 11.5. The Kier molecular flexibility index (Phi) is 1.74. The Balaban J connectivity index is 2.29. The third kappa shape index (κ3) is 1.02. The van der Waals surface area contributed by atoms with Crippen LogP contribution in [0.15, 0.2) is 0 Å². The summed E-state index contributed by atoms with van der Waals surface area (Å²) in [5, 5.41) is 7.06. The molecule has 0 saturated carbocycles. The van der Waals surface area contributed by atoms with Gasteiger partial charge in [0.2, 0.25) is 5.91 Å². The number of nitrogens with zero attached hydrogens (tertiary/aromatic N) is 3. The van der Waals surface area contributed by atoms with Crippen molar-refractivity contribution < 1.29 is 9.59 Å². The fourth-order valence-electron chi connectivity index (χ4n) is 1.67. The summed E-state index contributed by atoms with van der Waals surface area (Å²) in [5.41, 5.74) is 0. The number of hydrogen-bond acceptors (Lipinski definition) is 3. The van der Waals surface area contributed by atoms with Gasteiger partial charge in [-0.2, -0.15) is 0 Å². The molecule has 2 fully saturated rings. The molecular weight excluding hydrogens is 172 g/mol. The molecule has 0 radical (unpaired) electrons. The zero-order valence-corrected chi connectivity index (χ0v) is 7.52. The standard InChI is InChI=1S/C7H11N4O2/c1-10-5-4(8-3-9-5)6(12)11(2)7(10)13/h4-5,8H,3H2,1-2H3/q-1. The zero-order valence-electron chi connectivity index (χ0n) is 7.52. The second kappa shape index (κ2) is 2.68. The molecule has 72 valence electrons. The van der Waals surface area contributed by atoms with Gasteiger partial charge in [0.1, 0.15) is 0 Å². The number of carbonyl (C=O) groups is 2. The molecule has 0 bridgehead atoms. The summed E-state index contributed by atoms with van der Waals surface area (Å²) in [6.07, 6.45) is -0.323. The molecule has 2 aliphatic rings. The van der Waals surface area contributed by atoms with Gasteiger partial charge in [-0.1, -0.05) is 6.67 Å². The number of urea groups is 1. The Hall–Kier alpha value is -1.14. The van der Waals surface area contributed by atoms with E-state index in [4.69, 9.17) is 0 Å². The van der Waals surface area contributed by atoms with Crippen LogP contribution in [0, 0.1) is 0 Å². The molecule has 2 atom stereocenters. The molecule has 6 nitrogen and oxygen atoms in total. The van der Waals surface area contributed by atoms with Crippen LogP contribution in [0.25, 0.3) is 5.32 Å². The summed E-state index contributed by atoms with van der Waals surface area (Å²) < 4.78 is 0. The van der Waals surface area contributed by atoms with Crippen molar-refractivity contribution in [3.8, 4) is 0 Å². The van der Waals surface area contributed by atoms with E-state index in [1.807, 2.05) is 0 Å². The third-order valence-electron chi connectivity index (χ3n) is 2.47. The second-order valence-corrected chi connectivity index (χ2v) is 3.23. The number of fused-ring (bicyclic) bond motifs is 1. The highest BCUT2D eigenvalue weighted by Crippen LogP contribution is 2.22. The Morgan fingerprint density at radius 3 is 2.85 bits per heavy atom. The fraction of sp³-hybridized carbons (Fsp3) is 0.714. The van der Waals surface area contributed by atoms with Crippen LogP contribution in [0.3, 0.4) is 0 Å². The molecule has 0 spiro atoms. The zero-order chi connectivity index (χ0) is 9.59. The average Bonchev–Trinajstić information content (AvgIpc) is 2.59. The van der Waals surface area contributed by atoms with Crippen LogP contribution in [0.2, 0.25) is 0 Å². The van der Waals surface area contributed by atoms with Crippen molar-refractivity contribution in [3.05, 3.63) is 5.32 Å². The van der Waals surface area contributed by atoms with Gasteiger partial charge in [0, 0.05) is 14.1 Å². The molecule has 13 heavy (non-hydrogen) atoms. The number of rotatable bonds is 0. The van der Waals surface area contributed by atoms with Crippen molar-refractivity contribution in [2.45, 2.75) is 12.2 Å². The van der Waals surface area contributed by atoms with Gasteiger partial charge in [-0.3, -0.25) is 9.69 Å². The van der Waals surface area contributed by atoms with Gasteiger partial charge in [-0.25, -0.2) is 4.79 Å². The predicted molar refractivity (Wildman–Crippen MR) is 44.9 cm³/mol. The van der Waals surface area contributed by atoms with E-state index >= 15 is 0 Å². The van der Waals surface area contributed by atoms with Gasteiger partial charge in [0.05, 0.1) is 6.04 Å². The largest absolute Gasteiger partial charge is 0.628 e. The van der Waals surface area contributed by atoms with Crippen molar-refractivity contribution >= 4 is 11.9 Å². The minimum absolute atomic E-state index is 0.200. The van der Waals surface area contributed by atoms with Crippen LogP contribution in [0.4, 0.5) is 4.79 Å². The molecule has 2 heterocycles. The Morgan fingerprint density at radius 2 is 2.15 bits per heavy atom. The van der Waals surface area contributed by atoms with E-state index < -0.39 is 0 Å². The first-order valence-electron chi connectivity index (χ1n) is 4.07. The van der Waals surface area contributed by atoms with E-state index in [0.29, 0.717) is 6.67 Å². The Labute approximate surface area is 75.9 Å².